The van der Waals surface area contributed by atoms with Crippen LogP contribution in [0.15, 0.2) is 60.9 Å². The van der Waals surface area contributed by atoms with Crippen LogP contribution in [0.25, 0.3) is 27.5 Å². The Labute approximate surface area is 174 Å². The molecule has 4 aromatic rings. The summed E-state index contributed by atoms with van der Waals surface area (Å²) in [5, 5.41) is 5.51. The highest BCUT2D eigenvalue weighted by Crippen LogP contribution is 2.26. The van der Waals surface area contributed by atoms with Gasteiger partial charge in [0, 0.05) is 53.4 Å². The van der Waals surface area contributed by atoms with Crippen molar-refractivity contribution in [2.45, 2.75) is 38.1 Å². The number of aromatic amines is 1. The predicted molar refractivity (Wildman–Crippen MR) is 118 cm³/mol. The van der Waals surface area contributed by atoms with E-state index in [-0.39, 0.29) is 11.6 Å². The summed E-state index contributed by atoms with van der Waals surface area (Å²) in [6.45, 7) is 0.944. The second kappa shape index (κ2) is 8.07. The summed E-state index contributed by atoms with van der Waals surface area (Å²) in [6, 6.07) is 12.2. The average molecular weight is 405 g/mol. The van der Waals surface area contributed by atoms with Crippen LogP contribution < -0.4 is 5.32 Å². The first kappa shape index (κ1) is 19.1. The van der Waals surface area contributed by atoms with E-state index in [2.05, 4.69) is 20.9 Å². The molecule has 5 rings (SSSR count). The van der Waals surface area contributed by atoms with Crippen LogP contribution in [0, 0.1) is 11.6 Å². The first-order chi connectivity index (χ1) is 14.7. The molecule has 154 valence electrons. The number of rotatable bonds is 6. The van der Waals surface area contributed by atoms with Crippen LogP contribution in [-0.2, 0) is 6.42 Å². The molecule has 0 spiro atoms. The quantitative estimate of drug-likeness (QED) is 0.378. The van der Waals surface area contributed by atoms with Gasteiger partial charge in [-0.25, -0.2) is 8.78 Å². The minimum atomic E-state index is -0.199. The van der Waals surface area contributed by atoms with E-state index in [0.29, 0.717) is 6.04 Å². The van der Waals surface area contributed by atoms with Gasteiger partial charge in [0.25, 0.3) is 0 Å². The van der Waals surface area contributed by atoms with Crippen molar-refractivity contribution in [2.75, 3.05) is 6.54 Å². The molecule has 0 aliphatic carbocycles. The lowest BCUT2D eigenvalue weighted by molar-refractivity contribution is 0.515. The van der Waals surface area contributed by atoms with Crippen molar-refractivity contribution in [1.29, 1.82) is 0 Å². The van der Waals surface area contributed by atoms with Gasteiger partial charge in [-0.2, -0.15) is 0 Å². The fraction of sp³-hybridized carbons (Fsp3) is 0.280. The first-order valence-corrected chi connectivity index (χ1v) is 10.6. The van der Waals surface area contributed by atoms with Crippen LogP contribution in [0.4, 0.5) is 8.78 Å². The summed E-state index contributed by atoms with van der Waals surface area (Å²) in [4.78, 5) is 3.23. The third kappa shape index (κ3) is 3.77. The molecule has 0 fully saturated rings. The number of unbranched alkanes of at least 4 members (excludes halogenated alkanes) is 1. The van der Waals surface area contributed by atoms with Gasteiger partial charge in [-0.15, -0.1) is 0 Å². The number of halogens is 2. The highest BCUT2D eigenvalue weighted by Gasteiger charge is 2.15. The van der Waals surface area contributed by atoms with E-state index in [0.717, 1.165) is 60.5 Å². The summed E-state index contributed by atoms with van der Waals surface area (Å²) in [5.74, 6) is -0.386. The zero-order valence-corrected chi connectivity index (χ0v) is 16.8. The molecule has 3 heterocycles. The lowest BCUT2D eigenvalue weighted by atomic mass is 10.0. The maximum atomic E-state index is 13.5. The topological polar surface area (TPSA) is 32.8 Å². The minimum absolute atomic E-state index is 0.187. The fourth-order valence-corrected chi connectivity index (χ4v) is 4.55. The molecule has 0 saturated carbocycles. The molecule has 1 unspecified atom stereocenters. The molecular weight excluding hydrogens is 380 g/mol. The smallest absolute Gasteiger partial charge is 0.123 e. The zero-order chi connectivity index (χ0) is 20.5. The Morgan fingerprint density at radius 3 is 2.80 bits per heavy atom. The normalized spacial score (nSPS) is 17.0. The second-order valence-corrected chi connectivity index (χ2v) is 8.11. The SMILES string of the molecule is Fc1ccc2c(ccn2C2=CC(CCCCc3c[nH]c4ccc(F)cc34)NCC2)c1. The van der Waals surface area contributed by atoms with Gasteiger partial charge in [0.2, 0.25) is 0 Å². The largest absolute Gasteiger partial charge is 0.361 e. The van der Waals surface area contributed by atoms with Gasteiger partial charge in [0.15, 0.2) is 0 Å². The summed E-state index contributed by atoms with van der Waals surface area (Å²) in [5.41, 5.74) is 4.50. The highest BCUT2D eigenvalue weighted by molar-refractivity contribution is 5.84. The second-order valence-electron chi connectivity index (χ2n) is 8.11. The third-order valence-corrected chi connectivity index (χ3v) is 6.08. The van der Waals surface area contributed by atoms with Crippen molar-refractivity contribution in [3.8, 4) is 0 Å². The third-order valence-electron chi connectivity index (χ3n) is 6.08. The van der Waals surface area contributed by atoms with E-state index in [1.807, 2.05) is 24.5 Å². The number of H-pyrrole nitrogens is 1. The maximum Gasteiger partial charge on any atom is 0.123 e. The zero-order valence-electron chi connectivity index (χ0n) is 16.8. The van der Waals surface area contributed by atoms with E-state index < -0.39 is 0 Å². The van der Waals surface area contributed by atoms with E-state index in [9.17, 15) is 8.78 Å². The van der Waals surface area contributed by atoms with Crippen LogP contribution in [0.3, 0.4) is 0 Å². The molecular formula is C25H25F2N3. The molecule has 0 amide bonds. The van der Waals surface area contributed by atoms with Crippen molar-refractivity contribution in [3.63, 3.8) is 0 Å². The molecule has 2 aromatic heterocycles. The molecule has 1 aliphatic heterocycles. The van der Waals surface area contributed by atoms with Crippen LogP contribution >= 0.6 is 0 Å². The van der Waals surface area contributed by atoms with E-state index in [4.69, 9.17) is 0 Å². The van der Waals surface area contributed by atoms with Gasteiger partial charge < -0.3 is 14.9 Å². The predicted octanol–water partition coefficient (Wildman–Crippen LogP) is 6.02. The van der Waals surface area contributed by atoms with Crippen LogP contribution in [0.1, 0.15) is 31.2 Å². The number of nitrogens with one attached hydrogen (secondary N) is 2. The van der Waals surface area contributed by atoms with Gasteiger partial charge in [-0.1, -0.05) is 6.42 Å². The van der Waals surface area contributed by atoms with Gasteiger partial charge in [0.05, 0.1) is 5.52 Å². The van der Waals surface area contributed by atoms with Crippen LogP contribution in [-0.4, -0.2) is 22.1 Å². The van der Waals surface area contributed by atoms with E-state index >= 15 is 0 Å². The Morgan fingerprint density at radius 2 is 1.87 bits per heavy atom. The molecule has 2 N–H and O–H groups in total. The number of aromatic nitrogens is 2. The summed E-state index contributed by atoms with van der Waals surface area (Å²) >= 11 is 0. The Bertz CT molecular complexity index is 1220. The first-order valence-electron chi connectivity index (χ1n) is 10.6. The van der Waals surface area contributed by atoms with Crippen molar-refractivity contribution < 1.29 is 8.78 Å². The number of benzene rings is 2. The van der Waals surface area contributed by atoms with Gasteiger partial charge in [-0.3, -0.25) is 0 Å². The number of nitrogens with zero attached hydrogens (tertiary/aromatic N) is 1. The minimum Gasteiger partial charge on any atom is -0.361 e. The van der Waals surface area contributed by atoms with Crippen molar-refractivity contribution in [2.24, 2.45) is 0 Å². The molecule has 0 bridgehead atoms. The molecule has 30 heavy (non-hydrogen) atoms. The molecule has 5 heteroatoms. The Morgan fingerprint density at radius 1 is 1.00 bits per heavy atom. The number of hydrogen-bond donors (Lipinski definition) is 2. The maximum absolute atomic E-state index is 13.5. The van der Waals surface area contributed by atoms with Crippen molar-refractivity contribution >= 4 is 27.5 Å². The lowest BCUT2D eigenvalue weighted by Crippen LogP contribution is -2.32. The molecule has 3 nitrogen and oxygen atoms in total. The van der Waals surface area contributed by atoms with E-state index in [1.54, 1.807) is 18.2 Å². The highest BCUT2D eigenvalue weighted by atomic mass is 19.1. The summed E-state index contributed by atoms with van der Waals surface area (Å²) < 4.78 is 29.2. The van der Waals surface area contributed by atoms with Gasteiger partial charge in [0.1, 0.15) is 11.6 Å². The molecule has 0 saturated heterocycles. The molecule has 1 atom stereocenters. The summed E-state index contributed by atoms with van der Waals surface area (Å²) in [6.07, 6.45) is 11.5. The Kier molecular flexibility index (Phi) is 5.13. The monoisotopic (exact) mass is 405 g/mol. The van der Waals surface area contributed by atoms with Crippen molar-refractivity contribution in [1.82, 2.24) is 14.9 Å². The van der Waals surface area contributed by atoms with E-state index in [1.165, 1.54) is 23.4 Å². The van der Waals surface area contributed by atoms with Gasteiger partial charge >= 0.3 is 0 Å². The lowest BCUT2D eigenvalue weighted by Gasteiger charge is -2.24. The van der Waals surface area contributed by atoms with Gasteiger partial charge in [-0.05, 0) is 73.4 Å². The van der Waals surface area contributed by atoms with Crippen LogP contribution in [0.5, 0.6) is 0 Å². The Balaban J connectivity index is 1.22. The molecule has 0 radical (unpaired) electrons. The number of aryl methyl sites for hydroxylation is 1. The van der Waals surface area contributed by atoms with Crippen molar-refractivity contribution in [3.05, 3.63) is 78.1 Å². The Hall–Kier alpha value is -2.92. The number of fused-ring (bicyclic) bond motifs is 2. The standard InChI is InChI=1S/C25H25F2N3/c26-19-6-8-25-17(13-19)10-12-30(25)22-9-11-28-21(15-22)4-2-1-3-18-16-29-24-7-5-20(27)14-23(18)24/h5-8,10,12-16,21,28-29H,1-4,9,11H2. The van der Waals surface area contributed by atoms with Crippen LogP contribution in [0.2, 0.25) is 0 Å². The molecule has 1 aliphatic rings. The molecule has 2 aromatic carbocycles. The summed E-state index contributed by atoms with van der Waals surface area (Å²) in [7, 11) is 0. The fourth-order valence-electron chi connectivity index (χ4n) is 4.55. The average Bonchev–Trinajstić information content (AvgIpc) is 3.35. The number of hydrogen-bond acceptors (Lipinski definition) is 1.